The molecule has 18 heavy (non-hydrogen) atoms. The largest absolute Gasteiger partial charge is 0.480 e. The summed E-state index contributed by atoms with van der Waals surface area (Å²) in [5.74, 6) is -1.07. The van der Waals surface area contributed by atoms with Gasteiger partial charge in [0.2, 0.25) is 0 Å². The average Bonchev–Trinajstić information content (AvgIpc) is 2.22. The first kappa shape index (κ1) is 15.5. The van der Waals surface area contributed by atoms with Crippen LogP contribution in [-0.2, 0) is 21.3 Å². The van der Waals surface area contributed by atoms with E-state index in [1.165, 1.54) is 0 Å². The zero-order valence-corrected chi connectivity index (χ0v) is 12.4. The fraction of sp³-hybridized carbons (Fsp3) is 0.417. The van der Waals surface area contributed by atoms with Crippen molar-refractivity contribution in [3.8, 4) is 0 Å². The molecule has 0 heterocycles. The van der Waals surface area contributed by atoms with Gasteiger partial charge in [-0.3, -0.25) is 9.00 Å². The number of hydrogen-bond acceptors (Lipinski definition) is 2. The summed E-state index contributed by atoms with van der Waals surface area (Å²) < 4.78 is 12.0. The van der Waals surface area contributed by atoms with Gasteiger partial charge in [0.1, 0.15) is 5.25 Å². The summed E-state index contributed by atoms with van der Waals surface area (Å²) in [6, 6.07) is 4.92. The average molecular weight is 309 g/mol. The van der Waals surface area contributed by atoms with E-state index >= 15 is 0 Å². The van der Waals surface area contributed by atoms with E-state index in [9.17, 15) is 9.00 Å². The zero-order chi connectivity index (χ0) is 13.9. The molecule has 0 saturated heterocycles. The summed E-state index contributed by atoms with van der Waals surface area (Å²) in [4.78, 5) is 11.1. The van der Waals surface area contributed by atoms with Crippen LogP contribution >= 0.6 is 23.2 Å². The summed E-state index contributed by atoms with van der Waals surface area (Å²) in [7, 11) is -1.49. The monoisotopic (exact) mass is 308 g/mol. The highest BCUT2D eigenvalue weighted by molar-refractivity contribution is 7.85. The van der Waals surface area contributed by atoms with Crippen LogP contribution < -0.4 is 0 Å². The standard InChI is InChI=1S/C12H14Cl2O3S/c1-7(2)11(12(15)16)18(17)6-8-3-4-9(13)10(14)5-8/h3-5,7,11H,6H2,1-2H3,(H,15,16). The summed E-state index contributed by atoms with van der Waals surface area (Å²) in [5.41, 5.74) is 0.717. The molecule has 0 saturated carbocycles. The molecule has 6 heteroatoms. The Kier molecular flexibility index (Phi) is 5.63. The molecule has 0 fully saturated rings. The van der Waals surface area contributed by atoms with E-state index in [0.717, 1.165) is 5.56 Å². The molecule has 0 bridgehead atoms. The van der Waals surface area contributed by atoms with Crippen molar-refractivity contribution < 1.29 is 14.1 Å². The van der Waals surface area contributed by atoms with Gasteiger partial charge in [-0.2, -0.15) is 0 Å². The van der Waals surface area contributed by atoms with Crippen LogP contribution in [0.25, 0.3) is 0 Å². The summed E-state index contributed by atoms with van der Waals surface area (Å²) >= 11 is 11.6. The molecule has 2 unspecified atom stereocenters. The quantitative estimate of drug-likeness (QED) is 0.907. The number of halogens is 2. The Morgan fingerprint density at radius 1 is 1.33 bits per heavy atom. The van der Waals surface area contributed by atoms with Crippen molar-refractivity contribution in [3.63, 3.8) is 0 Å². The Hall–Kier alpha value is -0.580. The van der Waals surface area contributed by atoms with Crippen LogP contribution in [0.4, 0.5) is 0 Å². The second-order valence-electron chi connectivity index (χ2n) is 4.28. The van der Waals surface area contributed by atoms with Crippen LogP contribution in [0.5, 0.6) is 0 Å². The van der Waals surface area contributed by atoms with Crippen molar-refractivity contribution >= 4 is 40.0 Å². The zero-order valence-electron chi connectivity index (χ0n) is 10.0. The maximum Gasteiger partial charge on any atom is 0.319 e. The molecule has 0 aliphatic rings. The van der Waals surface area contributed by atoms with Crippen LogP contribution in [0.3, 0.4) is 0 Å². The predicted octanol–water partition coefficient (Wildman–Crippen LogP) is 3.35. The van der Waals surface area contributed by atoms with Crippen molar-refractivity contribution in [2.24, 2.45) is 5.92 Å². The molecule has 1 N–H and O–H groups in total. The molecule has 1 aromatic carbocycles. The second kappa shape index (κ2) is 6.55. The Morgan fingerprint density at radius 3 is 2.39 bits per heavy atom. The van der Waals surface area contributed by atoms with Crippen molar-refractivity contribution in [2.45, 2.75) is 24.9 Å². The lowest BCUT2D eigenvalue weighted by atomic mass is 10.1. The number of rotatable bonds is 5. The molecular weight excluding hydrogens is 295 g/mol. The lowest BCUT2D eigenvalue weighted by molar-refractivity contribution is -0.137. The highest BCUT2D eigenvalue weighted by atomic mass is 35.5. The molecule has 0 amide bonds. The molecule has 0 radical (unpaired) electrons. The fourth-order valence-electron chi connectivity index (χ4n) is 1.58. The molecule has 2 atom stereocenters. The molecular formula is C12H14Cl2O3S. The van der Waals surface area contributed by atoms with Crippen molar-refractivity contribution in [3.05, 3.63) is 33.8 Å². The van der Waals surface area contributed by atoms with Crippen molar-refractivity contribution in [2.75, 3.05) is 0 Å². The third-order valence-electron chi connectivity index (χ3n) is 2.43. The topological polar surface area (TPSA) is 54.4 Å². The van der Waals surface area contributed by atoms with Crippen LogP contribution in [0.2, 0.25) is 10.0 Å². The smallest absolute Gasteiger partial charge is 0.319 e. The predicted molar refractivity (Wildman–Crippen MR) is 74.6 cm³/mol. The Bertz CT molecular complexity index is 474. The SMILES string of the molecule is CC(C)C(C(=O)O)S(=O)Cc1ccc(Cl)c(Cl)c1. The van der Waals surface area contributed by atoms with Crippen molar-refractivity contribution in [1.82, 2.24) is 0 Å². The van der Waals surface area contributed by atoms with Crippen LogP contribution in [0, 0.1) is 5.92 Å². The minimum atomic E-state index is -1.49. The third-order valence-corrected chi connectivity index (χ3v) is 5.09. The van der Waals surface area contributed by atoms with E-state index in [2.05, 4.69) is 0 Å². The van der Waals surface area contributed by atoms with Gasteiger partial charge in [-0.25, -0.2) is 0 Å². The minimum Gasteiger partial charge on any atom is -0.480 e. The lowest BCUT2D eigenvalue weighted by Gasteiger charge is -2.15. The highest BCUT2D eigenvalue weighted by Crippen LogP contribution is 2.24. The van der Waals surface area contributed by atoms with Gasteiger partial charge in [0.05, 0.1) is 10.0 Å². The van der Waals surface area contributed by atoms with E-state index in [-0.39, 0.29) is 11.7 Å². The van der Waals surface area contributed by atoms with Crippen LogP contribution in [0.15, 0.2) is 18.2 Å². The van der Waals surface area contributed by atoms with E-state index in [0.29, 0.717) is 10.0 Å². The van der Waals surface area contributed by atoms with E-state index in [4.69, 9.17) is 28.3 Å². The Balaban J connectivity index is 2.86. The third kappa shape index (κ3) is 3.97. The second-order valence-corrected chi connectivity index (χ2v) is 6.65. The van der Waals surface area contributed by atoms with Crippen LogP contribution in [-0.4, -0.2) is 20.5 Å². The molecule has 1 aromatic rings. The molecule has 1 rings (SSSR count). The van der Waals surface area contributed by atoms with E-state index < -0.39 is 22.0 Å². The number of carbonyl (C=O) groups is 1. The van der Waals surface area contributed by atoms with Gasteiger partial charge in [0.25, 0.3) is 0 Å². The van der Waals surface area contributed by atoms with Gasteiger partial charge in [0, 0.05) is 16.6 Å². The Morgan fingerprint density at radius 2 is 1.94 bits per heavy atom. The van der Waals surface area contributed by atoms with Gasteiger partial charge in [0.15, 0.2) is 0 Å². The van der Waals surface area contributed by atoms with E-state index in [1.807, 2.05) is 0 Å². The lowest BCUT2D eigenvalue weighted by Crippen LogP contribution is -2.31. The minimum absolute atomic E-state index is 0.159. The maximum atomic E-state index is 12.0. The number of benzene rings is 1. The van der Waals surface area contributed by atoms with E-state index in [1.54, 1.807) is 32.0 Å². The molecule has 0 aliphatic heterocycles. The van der Waals surface area contributed by atoms with Gasteiger partial charge >= 0.3 is 5.97 Å². The number of hydrogen-bond donors (Lipinski definition) is 1. The fourth-order valence-corrected chi connectivity index (χ4v) is 3.42. The van der Waals surface area contributed by atoms with Gasteiger partial charge in [-0.1, -0.05) is 43.1 Å². The van der Waals surface area contributed by atoms with Crippen molar-refractivity contribution in [1.29, 1.82) is 0 Å². The first-order chi connectivity index (χ1) is 8.32. The summed E-state index contributed by atoms with van der Waals surface area (Å²) in [5, 5.41) is 8.97. The normalized spacial score (nSPS) is 14.5. The summed E-state index contributed by atoms with van der Waals surface area (Å²) in [6.45, 7) is 3.48. The number of carboxylic acid groups (broad SMARTS) is 1. The molecule has 0 spiro atoms. The van der Waals surface area contributed by atoms with Gasteiger partial charge in [-0.15, -0.1) is 0 Å². The molecule has 3 nitrogen and oxygen atoms in total. The number of carboxylic acids is 1. The highest BCUT2D eigenvalue weighted by Gasteiger charge is 2.28. The molecule has 100 valence electrons. The first-order valence-electron chi connectivity index (χ1n) is 5.37. The molecule has 0 aliphatic carbocycles. The summed E-state index contributed by atoms with van der Waals surface area (Å²) in [6.07, 6.45) is 0. The van der Waals surface area contributed by atoms with Gasteiger partial charge < -0.3 is 5.11 Å². The Labute approximate surface area is 119 Å². The molecule has 0 aromatic heterocycles. The first-order valence-corrected chi connectivity index (χ1v) is 7.50. The number of aliphatic carboxylic acids is 1. The van der Waals surface area contributed by atoms with Crippen LogP contribution in [0.1, 0.15) is 19.4 Å². The van der Waals surface area contributed by atoms with Gasteiger partial charge in [-0.05, 0) is 23.6 Å². The maximum absolute atomic E-state index is 12.0.